The van der Waals surface area contributed by atoms with Crippen molar-refractivity contribution in [3.05, 3.63) is 0 Å². The first-order chi connectivity index (χ1) is 9.12. The lowest BCUT2D eigenvalue weighted by Crippen LogP contribution is -2.35. The first kappa shape index (κ1) is 16.8. The van der Waals surface area contributed by atoms with Crippen LogP contribution in [0.15, 0.2) is 0 Å². The van der Waals surface area contributed by atoms with Gasteiger partial charge in [0.1, 0.15) is 5.60 Å². The summed E-state index contributed by atoms with van der Waals surface area (Å²) < 4.78 is 4.58. The van der Waals surface area contributed by atoms with Gasteiger partial charge in [0.05, 0.1) is 0 Å². The second-order valence-electron chi connectivity index (χ2n) is 6.82. The number of hydrogen-bond donors (Lipinski definition) is 3. The lowest BCUT2D eigenvalue weighted by Gasteiger charge is -2.34. The summed E-state index contributed by atoms with van der Waals surface area (Å²) in [5, 5.41) is 2.92. The molecule has 116 valence electrons. The van der Waals surface area contributed by atoms with E-state index in [4.69, 9.17) is 11.5 Å². The lowest BCUT2D eigenvalue weighted by molar-refractivity contribution is -0.119. The van der Waals surface area contributed by atoms with E-state index in [9.17, 15) is 9.59 Å². The molecule has 5 N–H and O–H groups in total. The molecule has 2 amide bonds. The van der Waals surface area contributed by atoms with Crippen molar-refractivity contribution in [2.45, 2.75) is 64.5 Å². The predicted molar refractivity (Wildman–Crippen MR) is 76.9 cm³/mol. The SMILES string of the molecule is CC(C)(C)OC(N)=O.NC1CCC2(CC1)CNC(=O)C2. The number of nitrogens with one attached hydrogen (secondary N) is 1. The largest absolute Gasteiger partial charge is 0.444 e. The highest BCUT2D eigenvalue weighted by Gasteiger charge is 2.40. The van der Waals surface area contributed by atoms with Crippen molar-refractivity contribution in [1.29, 1.82) is 0 Å². The Kier molecular flexibility index (Phi) is 5.39. The van der Waals surface area contributed by atoms with Gasteiger partial charge < -0.3 is 21.5 Å². The van der Waals surface area contributed by atoms with Crippen molar-refractivity contribution in [3.8, 4) is 0 Å². The quantitative estimate of drug-likeness (QED) is 0.623. The van der Waals surface area contributed by atoms with E-state index in [1.54, 1.807) is 20.8 Å². The van der Waals surface area contributed by atoms with E-state index in [2.05, 4.69) is 10.1 Å². The smallest absolute Gasteiger partial charge is 0.405 e. The summed E-state index contributed by atoms with van der Waals surface area (Å²) in [6.45, 7) is 6.17. The zero-order chi connectivity index (χ0) is 15.4. The van der Waals surface area contributed by atoms with Crippen LogP contribution in [-0.4, -0.2) is 30.2 Å². The Morgan fingerprint density at radius 3 is 2.20 bits per heavy atom. The minimum atomic E-state index is -0.725. The Morgan fingerprint density at radius 1 is 1.35 bits per heavy atom. The number of rotatable bonds is 0. The first-order valence-corrected chi connectivity index (χ1v) is 7.13. The average Bonchev–Trinajstić information content (AvgIpc) is 2.63. The molecule has 0 unspecified atom stereocenters. The summed E-state index contributed by atoms with van der Waals surface area (Å²) in [6.07, 6.45) is 4.46. The highest BCUT2D eigenvalue weighted by molar-refractivity contribution is 5.79. The molecule has 0 radical (unpaired) electrons. The summed E-state index contributed by atoms with van der Waals surface area (Å²) in [6, 6.07) is 0.381. The second kappa shape index (κ2) is 6.43. The van der Waals surface area contributed by atoms with E-state index in [1.165, 1.54) is 0 Å². The van der Waals surface area contributed by atoms with E-state index in [0.717, 1.165) is 38.6 Å². The van der Waals surface area contributed by atoms with Gasteiger partial charge in [-0.1, -0.05) is 0 Å². The lowest BCUT2D eigenvalue weighted by atomic mass is 9.72. The summed E-state index contributed by atoms with van der Waals surface area (Å²) in [7, 11) is 0. The Hall–Kier alpha value is -1.30. The summed E-state index contributed by atoms with van der Waals surface area (Å²) in [4.78, 5) is 21.1. The molecule has 1 spiro atoms. The average molecular weight is 285 g/mol. The third-order valence-electron chi connectivity index (χ3n) is 3.69. The highest BCUT2D eigenvalue weighted by atomic mass is 16.6. The van der Waals surface area contributed by atoms with Crippen LogP contribution in [0, 0.1) is 5.41 Å². The van der Waals surface area contributed by atoms with Crippen LogP contribution in [0.25, 0.3) is 0 Å². The number of hydrogen-bond acceptors (Lipinski definition) is 4. The fraction of sp³-hybridized carbons (Fsp3) is 0.857. The van der Waals surface area contributed by atoms with Gasteiger partial charge in [-0.2, -0.15) is 0 Å². The molecule has 2 fully saturated rings. The Balaban J connectivity index is 0.000000221. The molecule has 0 atom stereocenters. The van der Waals surface area contributed by atoms with Gasteiger partial charge in [0, 0.05) is 19.0 Å². The minimum Gasteiger partial charge on any atom is -0.444 e. The second-order valence-corrected chi connectivity index (χ2v) is 6.82. The molecule has 1 heterocycles. The van der Waals surface area contributed by atoms with Crippen LogP contribution >= 0.6 is 0 Å². The summed E-state index contributed by atoms with van der Waals surface area (Å²) in [5.74, 6) is 0.227. The molecule has 1 aliphatic heterocycles. The Morgan fingerprint density at radius 2 is 1.90 bits per heavy atom. The first-order valence-electron chi connectivity index (χ1n) is 7.13. The van der Waals surface area contributed by atoms with E-state index in [1.807, 2.05) is 0 Å². The molecule has 0 bridgehead atoms. The number of carbonyl (C=O) groups excluding carboxylic acids is 2. The Labute approximate surface area is 120 Å². The van der Waals surface area contributed by atoms with Crippen molar-refractivity contribution in [2.75, 3.05) is 6.54 Å². The molecular weight excluding hydrogens is 258 g/mol. The van der Waals surface area contributed by atoms with E-state index in [0.29, 0.717) is 6.04 Å². The molecule has 2 aliphatic rings. The molecule has 1 saturated carbocycles. The number of nitrogens with two attached hydrogens (primary N) is 2. The highest BCUT2D eigenvalue weighted by Crippen LogP contribution is 2.40. The van der Waals surface area contributed by atoms with Crippen LogP contribution in [0.4, 0.5) is 4.79 Å². The molecule has 1 saturated heterocycles. The van der Waals surface area contributed by atoms with Gasteiger partial charge >= 0.3 is 6.09 Å². The molecule has 0 aromatic heterocycles. The number of ether oxygens (including phenoxy) is 1. The number of primary amides is 1. The van der Waals surface area contributed by atoms with Gasteiger partial charge in [-0.15, -0.1) is 0 Å². The maximum absolute atomic E-state index is 11.1. The molecule has 6 heteroatoms. The third-order valence-corrected chi connectivity index (χ3v) is 3.69. The van der Waals surface area contributed by atoms with Crippen molar-refractivity contribution < 1.29 is 14.3 Å². The summed E-state index contributed by atoms with van der Waals surface area (Å²) >= 11 is 0. The summed E-state index contributed by atoms with van der Waals surface area (Å²) in [5.41, 5.74) is 10.4. The van der Waals surface area contributed by atoms with Crippen molar-refractivity contribution in [3.63, 3.8) is 0 Å². The van der Waals surface area contributed by atoms with Crippen molar-refractivity contribution >= 4 is 12.0 Å². The normalized spacial score (nSPS) is 29.4. The fourth-order valence-electron chi connectivity index (χ4n) is 2.66. The van der Waals surface area contributed by atoms with E-state index in [-0.39, 0.29) is 11.3 Å². The molecule has 0 aromatic rings. The Bertz CT molecular complexity index is 355. The van der Waals surface area contributed by atoms with Crippen LogP contribution in [-0.2, 0) is 9.53 Å². The maximum Gasteiger partial charge on any atom is 0.405 e. The fourth-order valence-corrected chi connectivity index (χ4v) is 2.66. The van der Waals surface area contributed by atoms with Crippen molar-refractivity contribution in [1.82, 2.24) is 5.32 Å². The van der Waals surface area contributed by atoms with Crippen LogP contribution in [0.3, 0.4) is 0 Å². The van der Waals surface area contributed by atoms with Crippen LogP contribution in [0.1, 0.15) is 52.9 Å². The van der Waals surface area contributed by atoms with Gasteiger partial charge in [-0.3, -0.25) is 4.79 Å². The number of carbonyl (C=O) groups is 2. The standard InChI is InChI=1S/C9H16N2O.C5H11NO2/c10-7-1-3-9(4-2-7)5-8(12)11-6-9;1-5(2,3)8-4(6)7/h7H,1-6,10H2,(H,11,12);1-3H3,(H2,6,7). The van der Waals surface area contributed by atoms with Gasteiger partial charge in [-0.05, 0) is 51.9 Å². The van der Waals surface area contributed by atoms with E-state index >= 15 is 0 Å². The molecule has 1 aliphatic carbocycles. The molecule has 0 aromatic carbocycles. The topological polar surface area (TPSA) is 107 Å². The third kappa shape index (κ3) is 5.77. The molecule has 20 heavy (non-hydrogen) atoms. The van der Waals surface area contributed by atoms with Gasteiger partial charge in [-0.25, -0.2) is 4.79 Å². The minimum absolute atomic E-state index is 0.227. The molecular formula is C14H27N3O3. The predicted octanol–water partition coefficient (Wildman–Crippen LogP) is 1.27. The number of amides is 2. The maximum atomic E-state index is 11.1. The zero-order valence-electron chi connectivity index (χ0n) is 12.7. The van der Waals surface area contributed by atoms with Crippen LogP contribution in [0.2, 0.25) is 0 Å². The van der Waals surface area contributed by atoms with Gasteiger partial charge in [0.15, 0.2) is 0 Å². The zero-order valence-corrected chi connectivity index (χ0v) is 12.7. The van der Waals surface area contributed by atoms with E-state index < -0.39 is 11.7 Å². The molecule has 6 nitrogen and oxygen atoms in total. The van der Waals surface area contributed by atoms with Gasteiger partial charge in [0.2, 0.25) is 5.91 Å². The van der Waals surface area contributed by atoms with Crippen LogP contribution < -0.4 is 16.8 Å². The van der Waals surface area contributed by atoms with Crippen molar-refractivity contribution in [2.24, 2.45) is 16.9 Å². The molecule has 2 rings (SSSR count). The van der Waals surface area contributed by atoms with Gasteiger partial charge in [0.25, 0.3) is 0 Å². The van der Waals surface area contributed by atoms with Crippen LogP contribution in [0.5, 0.6) is 0 Å². The monoisotopic (exact) mass is 285 g/mol.